The van der Waals surface area contributed by atoms with Crippen LogP contribution in [0.25, 0.3) is 11.1 Å². The van der Waals surface area contributed by atoms with E-state index in [9.17, 15) is 10.1 Å². The van der Waals surface area contributed by atoms with Gasteiger partial charge < -0.3 is 9.64 Å². The first kappa shape index (κ1) is 27.0. The first-order chi connectivity index (χ1) is 19.1. The van der Waals surface area contributed by atoms with Gasteiger partial charge in [0.1, 0.15) is 11.8 Å². The number of nitriles is 1. The molecule has 0 bridgehead atoms. The minimum Gasteiger partial charge on any atom is -0.495 e. The van der Waals surface area contributed by atoms with Crippen molar-refractivity contribution in [2.24, 2.45) is 11.8 Å². The summed E-state index contributed by atoms with van der Waals surface area (Å²) in [6.07, 6.45) is 13.8. The van der Waals surface area contributed by atoms with E-state index in [1.165, 1.54) is 12.0 Å². The van der Waals surface area contributed by atoms with Crippen molar-refractivity contribution >= 4 is 11.6 Å². The van der Waals surface area contributed by atoms with Gasteiger partial charge in [0.15, 0.2) is 0 Å². The Morgan fingerprint density at radius 3 is 2.54 bits per heavy atom. The van der Waals surface area contributed by atoms with E-state index in [1.807, 2.05) is 23.0 Å². The highest BCUT2D eigenvalue weighted by molar-refractivity contribution is 5.95. The maximum atomic E-state index is 14.0. The third-order valence-corrected chi connectivity index (χ3v) is 8.77. The number of benzene rings is 2. The smallest absolute Gasteiger partial charge is 0.230 e. The van der Waals surface area contributed by atoms with Crippen LogP contribution in [0.15, 0.2) is 54.9 Å². The van der Waals surface area contributed by atoms with Gasteiger partial charge in [0.05, 0.1) is 18.9 Å². The quantitative estimate of drug-likeness (QED) is 0.309. The summed E-state index contributed by atoms with van der Waals surface area (Å²) in [5.74, 6) is 1.97. The molecule has 39 heavy (non-hydrogen) atoms. The van der Waals surface area contributed by atoms with E-state index in [-0.39, 0.29) is 5.92 Å². The summed E-state index contributed by atoms with van der Waals surface area (Å²) in [6, 6.07) is 16.7. The summed E-state index contributed by atoms with van der Waals surface area (Å²) in [5, 5.41) is 14.0. The molecular weight excluding hydrogens is 484 g/mol. The number of methoxy groups -OCH3 is 1. The summed E-state index contributed by atoms with van der Waals surface area (Å²) in [4.78, 5) is 16.1. The molecule has 2 saturated carbocycles. The van der Waals surface area contributed by atoms with Gasteiger partial charge in [0.25, 0.3) is 0 Å². The molecule has 0 N–H and O–H groups in total. The third kappa shape index (κ3) is 6.19. The minimum atomic E-state index is 0.130. The molecule has 1 amide bonds. The number of nitrogens with zero attached hydrogens (tertiary/aromatic N) is 4. The van der Waals surface area contributed by atoms with Crippen molar-refractivity contribution in [3.63, 3.8) is 0 Å². The number of hydrogen-bond donors (Lipinski definition) is 0. The predicted octanol–water partition coefficient (Wildman–Crippen LogP) is 7.34. The van der Waals surface area contributed by atoms with E-state index in [4.69, 9.17) is 4.74 Å². The summed E-state index contributed by atoms with van der Waals surface area (Å²) < 4.78 is 7.27. The maximum absolute atomic E-state index is 14.0. The SMILES string of the molecule is CCn1cc(-c2cccc(N(C[C@H]3CC[C@H](c4ccc(OC)c(C#N)c4)CC3)C(=O)C3CCCCC3)c2)cn1. The molecule has 0 saturated heterocycles. The highest BCUT2D eigenvalue weighted by atomic mass is 16.5. The van der Waals surface area contributed by atoms with Crippen molar-refractivity contribution in [1.29, 1.82) is 5.26 Å². The van der Waals surface area contributed by atoms with Gasteiger partial charge in [-0.1, -0.05) is 37.5 Å². The summed E-state index contributed by atoms with van der Waals surface area (Å²) in [7, 11) is 1.61. The van der Waals surface area contributed by atoms with Crippen molar-refractivity contribution in [2.45, 2.75) is 77.2 Å². The van der Waals surface area contributed by atoms with Crippen LogP contribution in [-0.4, -0.2) is 29.3 Å². The van der Waals surface area contributed by atoms with Crippen LogP contribution in [0.1, 0.15) is 81.8 Å². The Morgan fingerprint density at radius 2 is 1.85 bits per heavy atom. The highest BCUT2D eigenvalue weighted by Crippen LogP contribution is 2.39. The van der Waals surface area contributed by atoms with Crippen LogP contribution in [0.4, 0.5) is 5.69 Å². The van der Waals surface area contributed by atoms with Crippen LogP contribution in [-0.2, 0) is 11.3 Å². The molecule has 2 aliphatic rings. The topological polar surface area (TPSA) is 71.2 Å². The van der Waals surface area contributed by atoms with Crippen LogP contribution in [0.3, 0.4) is 0 Å². The molecule has 2 aromatic carbocycles. The van der Waals surface area contributed by atoms with Crippen molar-refractivity contribution in [1.82, 2.24) is 9.78 Å². The lowest BCUT2D eigenvalue weighted by Gasteiger charge is -2.35. The number of carbonyl (C=O) groups is 1. The van der Waals surface area contributed by atoms with Crippen LogP contribution in [0.2, 0.25) is 0 Å². The van der Waals surface area contributed by atoms with E-state index < -0.39 is 0 Å². The molecule has 0 radical (unpaired) electrons. The minimum absolute atomic E-state index is 0.130. The summed E-state index contributed by atoms with van der Waals surface area (Å²) >= 11 is 0. The van der Waals surface area contributed by atoms with Crippen molar-refractivity contribution in [3.05, 3.63) is 66.0 Å². The summed E-state index contributed by atoms with van der Waals surface area (Å²) in [6.45, 7) is 3.69. The van der Waals surface area contributed by atoms with Crippen molar-refractivity contribution in [2.75, 3.05) is 18.6 Å². The number of aryl methyl sites for hydroxylation is 1. The molecule has 5 rings (SSSR count). The van der Waals surface area contributed by atoms with Gasteiger partial charge in [0.2, 0.25) is 5.91 Å². The standard InChI is InChI=1S/C33H40N4O2/c1-3-36-23-30(21-35-36)27-10-7-11-31(19-27)37(33(38)26-8-5-4-6-9-26)22-24-12-14-25(15-13-24)28-16-17-32(39-2)29(18-28)20-34/h7,10-11,16-19,21,23-26H,3-6,8-9,12-15,22H2,1-2H3/t24-,25-. The fourth-order valence-electron chi connectivity index (χ4n) is 6.43. The Morgan fingerprint density at radius 1 is 1.05 bits per heavy atom. The number of carbonyl (C=O) groups excluding carboxylic acids is 1. The van der Waals surface area contributed by atoms with Crippen molar-refractivity contribution in [3.8, 4) is 22.9 Å². The Labute approximate surface area is 232 Å². The monoisotopic (exact) mass is 524 g/mol. The van der Waals surface area contributed by atoms with Gasteiger partial charge in [-0.25, -0.2) is 0 Å². The number of anilines is 1. The molecule has 0 unspecified atom stereocenters. The fraction of sp³-hybridized carbons (Fsp3) is 0.485. The Bertz CT molecular complexity index is 1310. The molecule has 2 aliphatic carbocycles. The van der Waals surface area contributed by atoms with E-state index in [0.29, 0.717) is 29.1 Å². The second-order valence-corrected chi connectivity index (χ2v) is 11.2. The van der Waals surface area contributed by atoms with Crippen LogP contribution in [0.5, 0.6) is 5.75 Å². The number of ether oxygens (including phenoxy) is 1. The third-order valence-electron chi connectivity index (χ3n) is 8.77. The van der Waals surface area contributed by atoms with Crippen LogP contribution >= 0.6 is 0 Å². The molecule has 0 atom stereocenters. The Balaban J connectivity index is 1.33. The molecule has 204 valence electrons. The summed E-state index contributed by atoms with van der Waals surface area (Å²) in [5.41, 5.74) is 5.01. The van der Waals surface area contributed by atoms with Crippen LogP contribution in [0, 0.1) is 23.2 Å². The first-order valence-electron chi connectivity index (χ1n) is 14.6. The molecule has 3 aromatic rings. The van der Waals surface area contributed by atoms with Gasteiger partial charge >= 0.3 is 0 Å². The molecule has 0 spiro atoms. The zero-order valence-electron chi connectivity index (χ0n) is 23.3. The largest absolute Gasteiger partial charge is 0.495 e. The zero-order valence-corrected chi connectivity index (χ0v) is 23.3. The lowest BCUT2D eigenvalue weighted by molar-refractivity contribution is -0.123. The molecule has 2 fully saturated rings. The molecule has 6 nitrogen and oxygen atoms in total. The predicted molar refractivity (Wildman–Crippen MR) is 155 cm³/mol. The second kappa shape index (κ2) is 12.5. The number of hydrogen-bond acceptors (Lipinski definition) is 4. The van der Waals surface area contributed by atoms with E-state index in [0.717, 1.165) is 81.3 Å². The van der Waals surface area contributed by atoms with Gasteiger partial charge in [0, 0.05) is 36.5 Å². The maximum Gasteiger partial charge on any atom is 0.230 e. The average molecular weight is 525 g/mol. The molecular formula is C33H40N4O2. The lowest BCUT2D eigenvalue weighted by atomic mass is 9.78. The van der Waals surface area contributed by atoms with Gasteiger partial charge in [-0.3, -0.25) is 9.48 Å². The van der Waals surface area contributed by atoms with E-state index in [1.54, 1.807) is 7.11 Å². The van der Waals surface area contributed by atoms with E-state index >= 15 is 0 Å². The van der Waals surface area contributed by atoms with Crippen molar-refractivity contribution < 1.29 is 9.53 Å². The zero-order chi connectivity index (χ0) is 27.2. The number of aromatic nitrogens is 2. The molecule has 1 aromatic heterocycles. The fourth-order valence-corrected chi connectivity index (χ4v) is 6.43. The lowest BCUT2D eigenvalue weighted by Crippen LogP contribution is -2.41. The highest BCUT2D eigenvalue weighted by Gasteiger charge is 2.31. The number of amides is 1. The van der Waals surface area contributed by atoms with Gasteiger partial charge in [-0.15, -0.1) is 0 Å². The normalized spacial score (nSPS) is 19.8. The van der Waals surface area contributed by atoms with Gasteiger partial charge in [-0.2, -0.15) is 10.4 Å². The number of rotatable bonds is 8. The Kier molecular flexibility index (Phi) is 8.66. The molecule has 0 aliphatic heterocycles. The average Bonchev–Trinajstić information content (AvgIpc) is 3.50. The first-order valence-corrected chi connectivity index (χ1v) is 14.6. The second-order valence-electron chi connectivity index (χ2n) is 11.2. The van der Waals surface area contributed by atoms with Crippen LogP contribution < -0.4 is 9.64 Å². The Hall–Kier alpha value is -3.59. The molecule has 6 heteroatoms. The molecule has 1 heterocycles. The van der Waals surface area contributed by atoms with Gasteiger partial charge in [-0.05, 0) is 92.7 Å². The van der Waals surface area contributed by atoms with E-state index in [2.05, 4.69) is 59.5 Å².